The second kappa shape index (κ2) is 43.8. The number of piperidine rings is 4. The Bertz CT molecular complexity index is 4390. The molecule has 6 aliphatic rings. The lowest BCUT2D eigenvalue weighted by Gasteiger charge is -2.53. The SMILES string of the molecule is C.CC1(C)CC(OC(=O)CCN(CCC(=O)Oc2ccc(C(=O)c3ccccc3)c(O)c2)CN(CCC(=O)Oc2ccc(C(=O)c3ccccc3)c(O)c2)CCC(=O)OC2CC(C)(C)CC(C)(C)C2)CC(C)(C)C1.CN1C(C)(C)CC(OC(=O)CCC(CCC(=O)OC2CC(C)(C)N(C)C(C)(C)C2)(C(=O)OC2CC(C)(C)N(C)C(C)(C)C2)C(=O)OC2CC(C)(C)N(C)C(C)(C)C2)CC1(C)C. The molecular formula is C109H166N6O20. The van der Waals surface area contributed by atoms with E-state index in [-0.39, 0.29) is 240 Å². The van der Waals surface area contributed by atoms with Crippen LogP contribution in [0, 0.1) is 27.1 Å². The summed E-state index contributed by atoms with van der Waals surface area (Å²) in [5.74, 6) is -5.95. The molecule has 0 aromatic heterocycles. The first kappa shape index (κ1) is 112. The fourth-order valence-electron chi connectivity index (χ4n) is 23.0. The fourth-order valence-corrected chi connectivity index (χ4v) is 23.0. The van der Waals surface area contributed by atoms with Gasteiger partial charge in [0, 0.05) is 158 Å². The number of phenols is 2. The highest BCUT2D eigenvalue weighted by atomic mass is 16.6. The van der Waals surface area contributed by atoms with Crippen LogP contribution in [0.5, 0.6) is 23.0 Å². The van der Waals surface area contributed by atoms with Crippen molar-refractivity contribution >= 4 is 59.3 Å². The van der Waals surface area contributed by atoms with Crippen molar-refractivity contribution < 1.29 is 96.1 Å². The van der Waals surface area contributed by atoms with E-state index in [2.05, 4.69) is 214 Å². The third kappa shape index (κ3) is 30.7. The first-order valence-electron chi connectivity index (χ1n) is 48.6. The zero-order chi connectivity index (χ0) is 99.9. The first-order valence-corrected chi connectivity index (χ1v) is 48.6. The van der Waals surface area contributed by atoms with Crippen LogP contribution in [0.1, 0.15) is 347 Å². The van der Waals surface area contributed by atoms with E-state index >= 15 is 9.59 Å². The summed E-state index contributed by atoms with van der Waals surface area (Å²) < 4.78 is 48.8. The summed E-state index contributed by atoms with van der Waals surface area (Å²) in [7, 11) is 8.37. The van der Waals surface area contributed by atoms with Gasteiger partial charge in [0.1, 0.15) is 59.6 Å². The summed E-state index contributed by atoms with van der Waals surface area (Å²) in [6.07, 6.45) is 6.35. The molecule has 0 unspecified atom stereocenters. The number of rotatable bonds is 34. The quantitative estimate of drug-likeness (QED) is 0.0110. The van der Waals surface area contributed by atoms with Gasteiger partial charge in [0.2, 0.25) is 0 Å². The molecule has 26 heteroatoms. The Hall–Kier alpha value is -8.66. The topological polar surface area (TPSA) is 304 Å². The van der Waals surface area contributed by atoms with Crippen molar-refractivity contribution in [3.05, 3.63) is 119 Å². The number of esters is 8. The number of likely N-dealkylation sites (tertiary alicyclic amines) is 4. The van der Waals surface area contributed by atoms with Crippen molar-refractivity contribution in [2.45, 2.75) is 396 Å². The minimum atomic E-state index is -1.97. The summed E-state index contributed by atoms with van der Waals surface area (Å²) in [6, 6.07) is 25.1. The Morgan fingerprint density at radius 2 is 0.548 bits per heavy atom. The Kier molecular flexibility index (Phi) is 36.2. The first-order chi connectivity index (χ1) is 61.7. The summed E-state index contributed by atoms with van der Waals surface area (Å²) in [5.41, 5.74) is -3.20. The molecule has 4 saturated heterocycles. The molecule has 0 spiro atoms. The van der Waals surface area contributed by atoms with Crippen molar-refractivity contribution in [3.8, 4) is 23.0 Å². The van der Waals surface area contributed by atoms with Gasteiger partial charge in [-0.3, -0.25) is 77.3 Å². The van der Waals surface area contributed by atoms with Crippen LogP contribution in [0.2, 0.25) is 0 Å². The van der Waals surface area contributed by atoms with Crippen LogP contribution in [0.15, 0.2) is 97.1 Å². The number of ether oxygens (including phenoxy) is 8. The molecule has 2 saturated carbocycles. The summed E-state index contributed by atoms with van der Waals surface area (Å²) in [5, 5.41) is 21.5. The molecule has 26 nitrogen and oxygen atoms in total. The Balaban J connectivity index is 0.000000335. The maximum absolute atomic E-state index is 15.2. The van der Waals surface area contributed by atoms with E-state index in [0.29, 0.717) is 62.5 Å². The fraction of sp³-hybridized carbons (Fsp3) is 0.688. The van der Waals surface area contributed by atoms with Gasteiger partial charge in [-0.15, -0.1) is 0 Å². The molecule has 4 aromatic carbocycles. The predicted octanol–water partition coefficient (Wildman–Crippen LogP) is 19.4. The molecule has 0 radical (unpaired) electrons. The van der Waals surface area contributed by atoms with Crippen molar-refractivity contribution in [2.24, 2.45) is 27.1 Å². The van der Waals surface area contributed by atoms with Gasteiger partial charge >= 0.3 is 47.8 Å². The van der Waals surface area contributed by atoms with Gasteiger partial charge in [-0.05, 0) is 236 Å². The van der Waals surface area contributed by atoms with Gasteiger partial charge in [-0.1, -0.05) is 123 Å². The molecule has 10 rings (SSSR count). The molecule has 6 fully saturated rings. The monoisotopic (exact) mass is 1880 g/mol. The van der Waals surface area contributed by atoms with Gasteiger partial charge in [0.05, 0.1) is 43.5 Å². The van der Waals surface area contributed by atoms with Gasteiger partial charge in [0.25, 0.3) is 0 Å². The number of aromatic hydroxyl groups is 2. The second-order valence-corrected chi connectivity index (χ2v) is 47.9. The smallest absolute Gasteiger partial charge is 0.323 e. The van der Waals surface area contributed by atoms with Gasteiger partial charge in [-0.2, -0.15) is 0 Å². The van der Waals surface area contributed by atoms with E-state index in [1.165, 1.54) is 36.4 Å². The molecule has 4 aliphatic heterocycles. The van der Waals surface area contributed by atoms with Crippen LogP contribution in [-0.4, -0.2) is 241 Å². The minimum absolute atomic E-state index is 0. The molecule has 135 heavy (non-hydrogen) atoms. The Labute approximate surface area is 806 Å². The number of ketones is 2. The molecule has 4 aromatic rings. The summed E-state index contributed by atoms with van der Waals surface area (Å²) >= 11 is 0. The van der Waals surface area contributed by atoms with E-state index < -0.39 is 53.4 Å². The summed E-state index contributed by atoms with van der Waals surface area (Å²) in [6.45, 7) is 52.3. The zero-order valence-corrected chi connectivity index (χ0v) is 86.2. The van der Waals surface area contributed by atoms with Crippen LogP contribution in [0.25, 0.3) is 0 Å². The van der Waals surface area contributed by atoms with Gasteiger partial charge < -0.3 is 48.1 Å². The lowest BCUT2D eigenvalue weighted by atomic mass is 9.64. The number of nitrogens with zero attached hydrogens (tertiary/aromatic N) is 6. The molecule has 0 amide bonds. The van der Waals surface area contributed by atoms with Crippen LogP contribution < -0.4 is 9.47 Å². The number of hydrogen-bond donors (Lipinski definition) is 2. The van der Waals surface area contributed by atoms with Crippen LogP contribution in [0.3, 0.4) is 0 Å². The lowest BCUT2D eigenvalue weighted by Crippen LogP contribution is -2.61. The summed E-state index contributed by atoms with van der Waals surface area (Å²) in [4.78, 5) is 151. The van der Waals surface area contributed by atoms with E-state index in [9.17, 15) is 48.6 Å². The number of phenolic OH excluding ortho intramolecular Hbond substituents is 2. The lowest BCUT2D eigenvalue weighted by molar-refractivity contribution is -0.190. The number of carbonyl (C=O) groups is 10. The van der Waals surface area contributed by atoms with Gasteiger partial charge in [-0.25, -0.2) is 0 Å². The van der Waals surface area contributed by atoms with Crippen molar-refractivity contribution in [1.29, 1.82) is 0 Å². The third-order valence-corrected chi connectivity index (χ3v) is 30.0. The molecule has 2 aliphatic carbocycles. The highest BCUT2D eigenvalue weighted by molar-refractivity contribution is 6.11. The van der Waals surface area contributed by atoms with E-state index in [0.717, 1.165) is 38.5 Å². The number of carbonyl (C=O) groups excluding carboxylic acids is 10. The standard InChI is InChI=1S/C59H74N2O12.C49H88N4O8.CH4/c1-56(2)33-44(34-57(3,4)37-56)72-52(66)25-29-60(27-23-50(64)70-42-19-21-46(48(62)31-42)54(68)40-15-11-9-12-16-40)39-61(30-26-53(67)73-45-35-58(5,6)38-59(7,8)36-45)28-24-51(65)71-43-20-22-47(49(63)32-43)55(69)41-17-13-10-14-18-41;1-41(2)25-33(26-42(3,4)50(41)17)58-37(54)21-23-49(39(56)60-35-29-45(9,10)52(19)46(11,12)30-35,40(57)61-36-31-47(13,14)53(20)48(15,16)32-36)24-22-38(55)59-34-27-43(5,6)51(18)44(7,8)28-34;/h9-22,31-32,44-45,62-63H,23-30,33-39H2,1-8H3;33-36H,21-32H2,1-20H3;1H4. The predicted molar refractivity (Wildman–Crippen MR) is 524 cm³/mol. The molecule has 0 atom stereocenters. The maximum Gasteiger partial charge on any atom is 0.323 e. The van der Waals surface area contributed by atoms with Crippen LogP contribution in [0.4, 0.5) is 0 Å². The number of hydrogen-bond acceptors (Lipinski definition) is 26. The minimum Gasteiger partial charge on any atom is -0.507 e. The Morgan fingerprint density at radius 3 is 0.800 bits per heavy atom. The van der Waals surface area contributed by atoms with E-state index in [1.54, 1.807) is 60.7 Å². The molecule has 2 N–H and O–H groups in total. The van der Waals surface area contributed by atoms with Gasteiger partial charge in [0.15, 0.2) is 17.0 Å². The van der Waals surface area contributed by atoms with Crippen molar-refractivity contribution in [1.82, 2.24) is 29.4 Å². The molecule has 752 valence electrons. The maximum atomic E-state index is 15.2. The van der Waals surface area contributed by atoms with E-state index in [1.807, 2.05) is 9.80 Å². The van der Waals surface area contributed by atoms with Crippen molar-refractivity contribution in [3.63, 3.8) is 0 Å². The molecule has 0 bridgehead atoms. The third-order valence-electron chi connectivity index (χ3n) is 30.0. The van der Waals surface area contributed by atoms with Crippen LogP contribution in [-0.2, 0) is 66.8 Å². The highest BCUT2D eigenvalue weighted by Gasteiger charge is 2.56. The van der Waals surface area contributed by atoms with Crippen LogP contribution >= 0.6 is 0 Å². The average molecular weight is 1880 g/mol. The van der Waals surface area contributed by atoms with E-state index in [4.69, 9.17) is 37.9 Å². The average Bonchev–Trinajstić information content (AvgIpc) is 0.699. The zero-order valence-electron chi connectivity index (χ0n) is 86.2. The Morgan fingerprint density at radius 1 is 0.319 bits per heavy atom. The highest BCUT2D eigenvalue weighted by Crippen LogP contribution is 2.51. The largest absolute Gasteiger partial charge is 0.507 e. The molecular weight excluding hydrogens is 1710 g/mol. The number of benzene rings is 4. The normalized spacial score (nSPS) is 21.6. The molecule has 4 heterocycles. The second-order valence-electron chi connectivity index (χ2n) is 47.9. The van der Waals surface area contributed by atoms with Crippen molar-refractivity contribution in [2.75, 3.05) is 61.0 Å².